The molecule has 2 amide bonds. The molecule has 3 N–H and O–H groups in total. The molecule has 170 valence electrons. The van der Waals surface area contributed by atoms with E-state index in [0.717, 1.165) is 6.07 Å². The minimum absolute atomic E-state index is 0.0778. The summed E-state index contributed by atoms with van der Waals surface area (Å²) in [6.45, 7) is 0.437. The highest BCUT2D eigenvalue weighted by molar-refractivity contribution is 5.99. The number of piperidine rings is 1. The second kappa shape index (κ2) is 9.31. The highest BCUT2D eigenvalue weighted by Crippen LogP contribution is 2.28. The summed E-state index contributed by atoms with van der Waals surface area (Å²) >= 11 is 0. The molecule has 31 heavy (non-hydrogen) atoms. The number of halogens is 5. The topological polar surface area (TPSA) is 79.5 Å². The van der Waals surface area contributed by atoms with Gasteiger partial charge in [0.1, 0.15) is 24.5 Å². The van der Waals surface area contributed by atoms with E-state index < -0.39 is 60.5 Å². The lowest BCUT2D eigenvalue weighted by atomic mass is 9.85. The van der Waals surface area contributed by atoms with Gasteiger partial charge < -0.3 is 15.4 Å². The Balaban J connectivity index is 1.67. The summed E-state index contributed by atoms with van der Waals surface area (Å²) in [5.41, 5.74) is 0.156. The molecule has 0 spiro atoms. The Morgan fingerprint density at radius 1 is 1.32 bits per heavy atom. The molecular formula is C20H22F5N3O3. The number of alkyl halides is 3. The minimum atomic E-state index is -4.50. The molecule has 1 saturated heterocycles. The maximum Gasteiger partial charge on any atom is 0.411 e. The van der Waals surface area contributed by atoms with E-state index in [1.54, 1.807) is 0 Å². The van der Waals surface area contributed by atoms with Crippen molar-refractivity contribution in [2.75, 3.05) is 13.2 Å². The van der Waals surface area contributed by atoms with Crippen LogP contribution in [-0.2, 0) is 14.3 Å². The lowest BCUT2D eigenvalue weighted by Gasteiger charge is -2.40. The maximum absolute atomic E-state index is 13.9. The summed E-state index contributed by atoms with van der Waals surface area (Å²) in [6, 6.07) is 1.78. The second-order valence-corrected chi connectivity index (χ2v) is 7.57. The van der Waals surface area contributed by atoms with Gasteiger partial charge in [-0.25, -0.2) is 8.78 Å². The van der Waals surface area contributed by atoms with E-state index in [-0.39, 0.29) is 17.6 Å². The summed E-state index contributed by atoms with van der Waals surface area (Å²) < 4.78 is 69.4. The van der Waals surface area contributed by atoms with Crippen molar-refractivity contribution in [3.8, 4) is 0 Å². The monoisotopic (exact) mass is 447 g/mol. The highest BCUT2D eigenvalue weighted by atomic mass is 19.4. The normalized spacial score (nSPS) is 24.6. The molecule has 0 saturated carbocycles. The number of fused-ring (bicyclic) bond motifs is 1. The third-order valence-electron chi connectivity index (χ3n) is 5.20. The third-order valence-corrected chi connectivity index (χ3v) is 5.20. The van der Waals surface area contributed by atoms with Crippen molar-refractivity contribution < 1.29 is 36.3 Å². The predicted molar refractivity (Wildman–Crippen MR) is 99.5 cm³/mol. The average molecular weight is 447 g/mol. The quantitative estimate of drug-likeness (QED) is 0.586. The fourth-order valence-electron chi connectivity index (χ4n) is 3.75. The Morgan fingerprint density at radius 2 is 2.06 bits per heavy atom. The van der Waals surface area contributed by atoms with Crippen LogP contribution >= 0.6 is 0 Å². The molecule has 3 rings (SSSR count). The van der Waals surface area contributed by atoms with Crippen LogP contribution in [0.4, 0.5) is 22.0 Å². The molecule has 1 aromatic rings. The Hall–Kier alpha value is -2.53. The Labute approximate surface area is 175 Å². The number of carbonyl (C=O) groups is 2. The number of benzene rings is 1. The smallest absolute Gasteiger partial charge is 0.353 e. The zero-order valence-corrected chi connectivity index (χ0v) is 16.6. The van der Waals surface area contributed by atoms with Crippen LogP contribution in [0.5, 0.6) is 0 Å². The molecule has 4 atom stereocenters. The second-order valence-electron chi connectivity index (χ2n) is 7.57. The lowest BCUT2D eigenvalue weighted by Crippen LogP contribution is -2.58. The Morgan fingerprint density at radius 3 is 2.74 bits per heavy atom. The first-order chi connectivity index (χ1) is 14.5. The van der Waals surface area contributed by atoms with Crippen molar-refractivity contribution >= 4 is 11.8 Å². The molecule has 2 heterocycles. The lowest BCUT2D eigenvalue weighted by molar-refractivity contribution is -0.196. The van der Waals surface area contributed by atoms with E-state index in [9.17, 15) is 31.5 Å². The van der Waals surface area contributed by atoms with E-state index in [0.29, 0.717) is 19.0 Å². The molecule has 6 nitrogen and oxygen atoms in total. The van der Waals surface area contributed by atoms with Crippen LogP contribution in [0.15, 0.2) is 29.8 Å². The summed E-state index contributed by atoms with van der Waals surface area (Å²) in [6.07, 6.45) is -3.86. The van der Waals surface area contributed by atoms with Crippen molar-refractivity contribution in [3.63, 3.8) is 0 Å². The van der Waals surface area contributed by atoms with E-state index in [1.807, 2.05) is 0 Å². The minimum Gasteiger partial charge on any atom is -0.353 e. The van der Waals surface area contributed by atoms with Crippen molar-refractivity contribution in [1.29, 1.82) is 0 Å². The number of hydrogen-bond donors (Lipinski definition) is 3. The van der Waals surface area contributed by atoms with Crippen LogP contribution in [-0.4, -0.2) is 43.4 Å². The maximum atomic E-state index is 13.9. The van der Waals surface area contributed by atoms with Crippen LogP contribution in [0.25, 0.3) is 0 Å². The van der Waals surface area contributed by atoms with Crippen molar-refractivity contribution in [3.05, 3.63) is 47.0 Å². The van der Waals surface area contributed by atoms with Crippen LogP contribution in [0.1, 0.15) is 31.4 Å². The number of amides is 2. The zero-order valence-electron chi connectivity index (χ0n) is 16.6. The fraction of sp³-hybridized carbons (Fsp3) is 0.500. The van der Waals surface area contributed by atoms with Gasteiger partial charge in [-0.1, -0.05) is 12.1 Å². The predicted octanol–water partition coefficient (Wildman–Crippen LogP) is 2.47. The third kappa shape index (κ3) is 6.01. The van der Waals surface area contributed by atoms with Gasteiger partial charge in [0.25, 0.3) is 0 Å². The van der Waals surface area contributed by atoms with Crippen LogP contribution in [0.2, 0.25) is 0 Å². The molecular weight excluding hydrogens is 425 g/mol. The molecule has 2 aliphatic rings. The number of carbonyl (C=O) groups excluding carboxylic acids is 2. The van der Waals surface area contributed by atoms with Gasteiger partial charge >= 0.3 is 6.18 Å². The van der Waals surface area contributed by atoms with Crippen LogP contribution < -0.4 is 16.0 Å². The first-order valence-corrected chi connectivity index (χ1v) is 9.71. The fourth-order valence-corrected chi connectivity index (χ4v) is 3.75. The van der Waals surface area contributed by atoms with Gasteiger partial charge in [0.15, 0.2) is 0 Å². The Bertz CT molecular complexity index is 874. The largest absolute Gasteiger partial charge is 0.411 e. The van der Waals surface area contributed by atoms with E-state index in [4.69, 9.17) is 4.74 Å². The molecule has 1 fully saturated rings. The summed E-state index contributed by atoms with van der Waals surface area (Å²) in [5, 5.41) is 8.10. The van der Waals surface area contributed by atoms with E-state index in [1.165, 1.54) is 19.1 Å². The molecule has 0 aromatic heterocycles. The van der Waals surface area contributed by atoms with Gasteiger partial charge in [0.2, 0.25) is 11.8 Å². The van der Waals surface area contributed by atoms with Crippen molar-refractivity contribution in [1.82, 2.24) is 16.0 Å². The Kier molecular flexibility index (Phi) is 6.95. The summed E-state index contributed by atoms with van der Waals surface area (Å²) in [7, 11) is 0. The van der Waals surface area contributed by atoms with Gasteiger partial charge in [0.05, 0.1) is 12.5 Å². The number of hydrogen-bond acceptors (Lipinski definition) is 4. The molecule has 0 aliphatic carbocycles. The van der Waals surface area contributed by atoms with Gasteiger partial charge in [-0.15, -0.1) is 0 Å². The molecule has 0 radical (unpaired) electrons. The number of nitrogens with one attached hydrogen (secondary N) is 3. The SMILES string of the molecule is C[C@H](NC(=O)CC1=CC2C(CCNC2OCC(F)(F)F)NC1=O)c1ccc(F)cc1F. The van der Waals surface area contributed by atoms with E-state index >= 15 is 0 Å². The highest BCUT2D eigenvalue weighted by Gasteiger charge is 2.40. The van der Waals surface area contributed by atoms with E-state index in [2.05, 4.69) is 16.0 Å². The van der Waals surface area contributed by atoms with Gasteiger partial charge in [-0.3, -0.25) is 14.9 Å². The van der Waals surface area contributed by atoms with Crippen LogP contribution in [0, 0.1) is 17.6 Å². The van der Waals surface area contributed by atoms with Gasteiger partial charge in [0, 0.05) is 29.2 Å². The number of rotatable bonds is 6. The first-order valence-electron chi connectivity index (χ1n) is 9.71. The molecule has 0 bridgehead atoms. The standard InChI is InChI=1S/C20H22F5N3O3/c1-10(13-3-2-12(21)8-15(13)22)27-17(29)7-11-6-14-16(28-18(11)30)4-5-26-19(14)31-9-20(23,24)25/h2-3,6,8,10,14,16,19,26H,4-5,7,9H2,1H3,(H,27,29)(H,28,30)/t10-,14?,16?,19?/m0/s1. The van der Waals surface area contributed by atoms with Gasteiger partial charge in [-0.2, -0.15) is 13.2 Å². The number of ether oxygens (including phenoxy) is 1. The van der Waals surface area contributed by atoms with Crippen LogP contribution in [0.3, 0.4) is 0 Å². The molecule has 1 aromatic carbocycles. The molecule has 11 heteroatoms. The molecule has 3 unspecified atom stereocenters. The zero-order chi connectivity index (χ0) is 22.8. The summed E-state index contributed by atoms with van der Waals surface area (Å²) in [5.74, 6) is -3.23. The molecule has 2 aliphatic heterocycles. The average Bonchev–Trinajstić information content (AvgIpc) is 2.66. The van der Waals surface area contributed by atoms with Crippen molar-refractivity contribution in [2.24, 2.45) is 5.92 Å². The summed E-state index contributed by atoms with van der Waals surface area (Å²) in [4.78, 5) is 24.7. The van der Waals surface area contributed by atoms with Crippen molar-refractivity contribution in [2.45, 2.75) is 44.3 Å². The van der Waals surface area contributed by atoms with Gasteiger partial charge in [-0.05, 0) is 26.0 Å². The first kappa shape index (κ1) is 23.1.